The molecule has 0 aliphatic carbocycles. The fourth-order valence-electron chi connectivity index (χ4n) is 0.695. The van der Waals surface area contributed by atoms with Gasteiger partial charge in [0.2, 0.25) is 0 Å². The average molecular weight is 169 g/mol. The molecule has 1 saturated heterocycles. The molecule has 0 unspecified atom stereocenters. The van der Waals surface area contributed by atoms with Gasteiger partial charge in [-0.25, -0.2) is 0 Å². The summed E-state index contributed by atoms with van der Waals surface area (Å²) in [6.07, 6.45) is 0. The van der Waals surface area contributed by atoms with Crippen LogP contribution in [0.3, 0.4) is 0 Å². The van der Waals surface area contributed by atoms with Crippen molar-refractivity contribution in [1.82, 2.24) is 0 Å². The number of hydrogen-bond donors (Lipinski definition) is 0. The Kier molecular flexibility index (Phi) is 1.98. The van der Waals surface area contributed by atoms with Crippen molar-refractivity contribution in [3.05, 3.63) is 0 Å². The molecular weight excluding hydrogens is 159 g/mol. The molecular formula is C4H10O5P-. The molecule has 1 heterocycles. The molecule has 0 aromatic carbocycles. The second kappa shape index (κ2) is 2.37. The van der Waals surface area contributed by atoms with E-state index in [1.54, 1.807) is 0 Å². The first kappa shape index (κ1) is 8.33. The van der Waals surface area contributed by atoms with Crippen molar-refractivity contribution in [2.45, 2.75) is 0 Å². The molecule has 1 fully saturated rings. The fourth-order valence-corrected chi connectivity index (χ4v) is 2.09. The summed E-state index contributed by atoms with van der Waals surface area (Å²) in [7, 11) is -1.85. The maximum atomic E-state index is 11.5. The van der Waals surface area contributed by atoms with Gasteiger partial charge in [0.1, 0.15) is 0 Å². The molecule has 62 valence electrons. The number of rotatable bonds is 2. The van der Waals surface area contributed by atoms with Gasteiger partial charge in [-0.1, -0.05) is 0 Å². The van der Waals surface area contributed by atoms with E-state index < -0.39 is 7.74 Å². The van der Waals surface area contributed by atoms with Crippen molar-refractivity contribution in [2.75, 3.05) is 27.4 Å². The van der Waals surface area contributed by atoms with Gasteiger partial charge in [0.15, 0.2) is 0 Å². The Bertz CT molecular complexity index is 124. The molecule has 0 atom stereocenters. The van der Waals surface area contributed by atoms with Crippen molar-refractivity contribution in [2.24, 2.45) is 0 Å². The van der Waals surface area contributed by atoms with Crippen molar-refractivity contribution in [3.63, 3.8) is 0 Å². The third-order valence-electron chi connectivity index (χ3n) is 1.28. The molecule has 1 rings (SSSR count). The summed E-state index contributed by atoms with van der Waals surface area (Å²) in [5.74, 6) is 0. The quantitative estimate of drug-likeness (QED) is 0.536. The summed E-state index contributed by atoms with van der Waals surface area (Å²) < 4.78 is 18.6. The van der Waals surface area contributed by atoms with E-state index in [-0.39, 0.29) is 13.2 Å². The Morgan fingerprint density at radius 3 is 1.80 bits per heavy atom. The van der Waals surface area contributed by atoms with Crippen LogP contribution in [0.2, 0.25) is 0 Å². The topological polar surface area (TPSA) is 60.0 Å². The standard InChI is InChI=1S/C4H10O5P/c1-6-10(5,7-2)8-3-4-9-10/h3-4H2,1-2H3/q-1. The van der Waals surface area contributed by atoms with Crippen LogP contribution in [-0.2, 0) is 18.1 Å². The molecule has 5 nitrogen and oxygen atoms in total. The second-order valence-electron chi connectivity index (χ2n) is 1.78. The Hall–Kier alpha value is 0.230. The molecule has 0 N–H and O–H groups in total. The van der Waals surface area contributed by atoms with E-state index in [4.69, 9.17) is 9.05 Å². The molecule has 0 amide bonds. The summed E-state index contributed by atoms with van der Waals surface area (Å²) in [5, 5.41) is 0. The summed E-state index contributed by atoms with van der Waals surface area (Å²) >= 11 is 0. The normalized spacial score (nSPS) is 32.9. The fraction of sp³-hybridized carbons (Fsp3) is 1.00. The van der Waals surface area contributed by atoms with Crippen molar-refractivity contribution in [3.8, 4) is 0 Å². The van der Waals surface area contributed by atoms with Crippen LogP contribution >= 0.6 is 7.74 Å². The van der Waals surface area contributed by atoms with E-state index in [1.807, 2.05) is 0 Å². The van der Waals surface area contributed by atoms with Crippen molar-refractivity contribution >= 4 is 7.74 Å². The molecule has 1 aliphatic heterocycles. The van der Waals surface area contributed by atoms with E-state index in [0.717, 1.165) is 0 Å². The molecule has 10 heavy (non-hydrogen) atoms. The van der Waals surface area contributed by atoms with Crippen molar-refractivity contribution in [1.29, 1.82) is 0 Å². The van der Waals surface area contributed by atoms with E-state index in [2.05, 4.69) is 9.05 Å². The Morgan fingerprint density at radius 1 is 1.20 bits per heavy atom. The van der Waals surface area contributed by atoms with Gasteiger partial charge in [-0.3, -0.25) is 0 Å². The Balaban J connectivity index is 2.74. The predicted molar refractivity (Wildman–Crippen MR) is 32.8 cm³/mol. The molecule has 0 radical (unpaired) electrons. The maximum absolute atomic E-state index is 11.5. The molecule has 6 heteroatoms. The van der Waals surface area contributed by atoms with Gasteiger partial charge in [0, 0.05) is 0 Å². The zero-order valence-electron chi connectivity index (χ0n) is 5.90. The first-order valence-electron chi connectivity index (χ1n) is 2.81. The molecule has 0 spiro atoms. The first-order valence-corrected chi connectivity index (χ1v) is 4.63. The second-order valence-corrected chi connectivity index (χ2v) is 4.51. The van der Waals surface area contributed by atoms with Crippen LogP contribution in [0, 0.1) is 0 Å². The van der Waals surface area contributed by atoms with E-state index in [0.29, 0.717) is 0 Å². The number of hydrogen-bond acceptors (Lipinski definition) is 5. The zero-order valence-corrected chi connectivity index (χ0v) is 6.80. The van der Waals surface area contributed by atoms with Gasteiger partial charge in [0.25, 0.3) is 0 Å². The summed E-state index contributed by atoms with van der Waals surface area (Å²) in [6.45, 7) is 0.478. The van der Waals surface area contributed by atoms with E-state index in [9.17, 15) is 4.89 Å². The molecule has 0 aromatic rings. The molecule has 1 aliphatic rings. The van der Waals surface area contributed by atoms with Crippen molar-refractivity contribution < 1.29 is 23.0 Å². The SMILES string of the molecule is COP1([O-])(OC)OCCO1. The minimum absolute atomic E-state index is 0.239. The first-order chi connectivity index (χ1) is 4.63. The third-order valence-corrected chi connectivity index (χ3v) is 3.68. The minimum atomic E-state index is -4.29. The average Bonchev–Trinajstić information content (AvgIpc) is 2.36. The zero-order chi connectivity index (χ0) is 7.69. The van der Waals surface area contributed by atoms with E-state index >= 15 is 0 Å². The van der Waals surface area contributed by atoms with Gasteiger partial charge >= 0.3 is 58.2 Å². The summed E-state index contributed by atoms with van der Waals surface area (Å²) in [4.78, 5) is 11.5. The van der Waals surface area contributed by atoms with Gasteiger partial charge in [0.05, 0.1) is 0 Å². The Labute approximate surface area is 59.2 Å². The van der Waals surface area contributed by atoms with Crippen LogP contribution in [0.1, 0.15) is 0 Å². The monoisotopic (exact) mass is 169 g/mol. The predicted octanol–water partition coefficient (Wildman–Crippen LogP) is -0.185. The van der Waals surface area contributed by atoms with Gasteiger partial charge in [-0.05, 0) is 0 Å². The van der Waals surface area contributed by atoms with Crippen LogP contribution in [0.25, 0.3) is 0 Å². The summed E-state index contributed by atoms with van der Waals surface area (Å²) in [6, 6.07) is 0. The van der Waals surface area contributed by atoms with Crippen LogP contribution in [0.15, 0.2) is 0 Å². The third kappa shape index (κ3) is 1.16. The molecule has 0 aromatic heterocycles. The van der Waals surface area contributed by atoms with Crippen LogP contribution in [-0.4, -0.2) is 27.4 Å². The van der Waals surface area contributed by atoms with E-state index in [1.165, 1.54) is 14.2 Å². The van der Waals surface area contributed by atoms with Gasteiger partial charge in [-0.2, -0.15) is 0 Å². The molecule has 0 bridgehead atoms. The van der Waals surface area contributed by atoms with Gasteiger partial charge < -0.3 is 0 Å². The van der Waals surface area contributed by atoms with Crippen LogP contribution < -0.4 is 4.89 Å². The van der Waals surface area contributed by atoms with Crippen LogP contribution in [0.5, 0.6) is 0 Å². The van der Waals surface area contributed by atoms with Gasteiger partial charge in [-0.15, -0.1) is 0 Å². The Morgan fingerprint density at radius 2 is 1.60 bits per heavy atom. The summed E-state index contributed by atoms with van der Waals surface area (Å²) in [5.41, 5.74) is 0. The van der Waals surface area contributed by atoms with Crippen LogP contribution in [0.4, 0.5) is 0 Å². The molecule has 0 saturated carbocycles.